The summed E-state index contributed by atoms with van der Waals surface area (Å²) in [6, 6.07) is 24.2. The van der Waals surface area contributed by atoms with Crippen molar-refractivity contribution in [2.75, 3.05) is 0 Å². The Bertz CT molecular complexity index is 1140. The zero-order valence-electron chi connectivity index (χ0n) is 29.1. The van der Waals surface area contributed by atoms with Crippen molar-refractivity contribution in [2.45, 2.75) is 106 Å². The molecule has 3 aromatic rings. The Morgan fingerprint density at radius 3 is 0.844 bits per heavy atom. The van der Waals surface area contributed by atoms with Gasteiger partial charge < -0.3 is 10.2 Å². The van der Waals surface area contributed by atoms with E-state index in [0.29, 0.717) is 17.8 Å². The standard InChI is InChI=1S/C14H20O.2C13H18O2/c1-10(2)9-13-5-7-14(8-6-13)11(3)12(4)15;2*1-9(2)8-11-4-6-12(7-5-11)10(3)13(14)15/h5-8,10-11H,9H2,1-4H3;2*4-7,9-10H,8H2,1-3H3,(H,14,15)/t11-;10-;/m00./s1. The largest absolute Gasteiger partial charge is 0.481 e. The molecule has 0 fully saturated rings. The third-order valence-corrected chi connectivity index (χ3v) is 7.72. The molecule has 3 atom stereocenters. The first-order chi connectivity index (χ1) is 21.0. The summed E-state index contributed by atoms with van der Waals surface area (Å²) in [4.78, 5) is 32.7. The van der Waals surface area contributed by atoms with Crippen molar-refractivity contribution in [1.82, 2.24) is 0 Å². The average molecular weight is 617 g/mol. The van der Waals surface area contributed by atoms with Crippen LogP contribution in [-0.4, -0.2) is 27.9 Å². The second-order valence-corrected chi connectivity index (χ2v) is 13.5. The molecule has 0 aliphatic heterocycles. The first kappa shape index (κ1) is 39.3. The predicted molar refractivity (Wildman–Crippen MR) is 186 cm³/mol. The number of hydrogen-bond donors (Lipinski definition) is 2. The van der Waals surface area contributed by atoms with E-state index in [0.717, 1.165) is 36.0 Å². The van der Waals surface area contributed by atoms with E-state index in [1.54, 1.807) is 20.8 Å². The zero-order valence-corrected chi connectivity index (χ0v) is 29.1. The number of rotatable bonds is 12. The van der Waals surface area contributed by atoms with Gasteiger partial charge in [-0.15, -0.1) is 0 Å². The Morgan fingerprint density at radius 1 is 0.444 bits per heavy atom. The molecule has 3 rings (SSSR count). The second-order valence-electron chi connectivity index (χ2n) is 13.5. The minimum Gasteiger partial charge on any atom is -0.481 e. The lowest BCUT2D eigenvalue weighted by Gasteiger charge is -2.10. The number of hydrogen-bond acceptors (Lipinski definition) is 3. The van der Waals surface area contributed by atoms with Gasteiger partial charge in [0.05, 0.1) is 11.8 Å². The summed E-state index contributed by atoms with van der Waals surface area (Å²) >= 11 is 0. The number of carbonyl (C=O) groups is 3. The van der Waals surface area contributed by atoms with Gasteiger partial charge in [-0.25, -0.2) is 0 Å². The van der Waals surface area contributed by atoms with E-state index in [1.165, 1.54) is 16.7 Å². The Labute approximate surface area is 272 Å². The topological polar surface area (TPSA) is 91.7 Å². The van der Waals surface area contributed by atoms with E-state index in [2.05, 4.69) is 65.8 Å². The van der Waals surface area contributed by atoms with E-state index < -0.39 is 23.8 Å². The highest BCUT2D eigenvalue weighted by Crippen LogP contribution is 2.20. The maximum Gasteiger partial charge on any atom is 0.310 e. The average Bonchev–Trinajstić information content (AvgIpc) is 2.97. The van der Waals surface area contributed by atoms with E-state index >= 15 is 0 Å². The molecule has 5 nitrogen and oxygen atoms in total. The molecule has 0 spiro atoms. The van der Waals surface area contributed by atoms with E-state index in [1.807, 2.05) is 55.5 Å². The van der Waals surface area contributed by atoms with Gasteiger partial charge in [-0.05, 0) is 91.2 Å². The van der Waals surface area contributed by atoms with Gasteiger partial charge in [-0.2, -0.15) is 0 Å². The van der Waals surface area contributed by atoms with Crippen LogP contribution >= 0.6 is 0 Å². The van der Waals surface area contributed by atoms with Crippen LogP contribution in [0.4, 0.5) is 0 Å². The normalized spacial score (nSPS) is 12.8. The summed E-state index contributed by atoms with van der Waals surface area (Å²) < 4.78 is 0. The van der Waals surface area contributed by atoms with Crippen molar-refractivity contribution in [2.24, 2.45) is 17.8 Å². The monoisotopic (exact) mass is 616 g/mol. The van der Waals surface area contributed by atoms with Crippen LogP contribution in [0.1, 0.15) is 120 Å². The fourth-order valence-electron chi connectivity index (χ4n) is 4.76. The van der Waals surface area contributed by atoms with Crippen LogP contribution in [-0.2, 0) is 33.6 Å². The quantitative estimate of drug-likeness (QED) is 0.211. The van der Waals surface area contributed by atoms with Gasteiger partial charge in [0, 0.05) is 5.92 Å². The molecule has 0 amide bonds. The van der Waals surface area contributed by atoms with E-state index in [9.17, 15) is 14.4 Å². The fraction of sp³-hybridized carbons (Fsp3) is 0.475. The summed E-state index contributed by atoms with van der Waals surface area (Å²) in [7, 11) is 0. The van der Waals surface area contributed by atoms with Crippen molar-refractivity contribution in [3.63, 3.8) is 0 Å². The molecule has 0 radical (unpaired) electrons. The van der Waals surface area contributed by atoms with Crippen LogP contribution in [0.15, 0.2) is 72.8 Å². The zero-order chi connectivity index (χ0) is 34.3. The highest BCUT2D eigenvalue weighted by molar-refractivity contribution is 5.82. The van der Waals surface area contributed by atoms with Crippen LogP contribution in [0.5, 0.6) is 0 Å². The number of carboxylic acids is 2. The molecule has 5 heteroatoms. The van der Waals surface area contributed by atoms with Crippen LogP contribution in [0.25, 0.3) is 0 Å². The van der Waals surface area contributed by atoms with Crippen LogP contribution in [0, 0.1) is 17.8 Å². The molecule has 0 aliphatic carbocycles. The lowest BCUT2D eigenvalue weighted by molar-refractivity contribution is -0.139. The number of ketones is 1. The van der Waals surface area contributed by atoms with Crippen molar-refractivity contribution >= 4 is 17.7 Å². The number of benzene rings is 3. The molecule has 45 heavy (non-hydrogen) atoms. The SMILES string of the molecule is CC(=O)[C@H](C)c1ccc(CC(C)C)cc1.CC(C)Cc1ccc(C(C)C(=O)O)cc1.CC(C)Cc1ccc([C@H](C)C(=O)O)cc1. The summed E-state index contributed by atoms with van der Waals surface area (Å²) in [5, 5.41) is 17.7. The summed E-state index contributed by atoms with van der Waals surface area (Å²) in [6.45, 7) is 20.1. The maximum atomic E-state index is 11.2. The van der Waals surface area contributed by atoms with Gasteiger partial charge in [-0.1, -0.05) is 121 Å². The third kappa shape index (κ3) is 15.2. The van der Waals surface area contributed by atoms with Gasteiger partial charge in [0.15, 0.2) is 0 Å². The minimum atomic E-state index is -0.772. The number of aliphatic carboxylic acids is 2. The van der Waals surface area contributed by atoms with E-state index in [4.69, 9.17) is 10.2 Å². The van der Waals surface area contributed by atoms with Gasteiger partial charge in [-0.3, -0.25) is 14.4 Å². The lowest BCUT2D eigenvalue weighted by atomic mass is 9.95. The van der Waals surface area contributed by atoms with Crippen molar-refractivity contribution in [3.8, 4) is 0 Å². The molecule has 0 saturated carbocycles. The molecule has 246 valence electrons. The molecule has 0 bridgehead atoms. The van der Waals surface area contributed by atoms with E-state index in [-0.39, 0.29) is 11.7 Å². The lowest BCUT2D eigenvalue weighted by Crippen LogP contribution is -2.07. The van der Waals surface area contributed by atoms with Crippen molar-refractivity contribution in [1.29, 1.82) is 0 Å². The van der Waals surface area contributed by atoms with Gasteiger partial charge >= 0.3 is 11.9 Å². The van der Waals surface area contributed by atoms with Crippen molar-refractivity contribution < 1.29 is 24.6 Å². The summed E-state index contributed by atoms with van der Waals surface area (Å²) in [6.07, 6.45) is 3.19. The van der Waals surface area contributed by atoms with Crippen LogP contribution < -0.4 is 0 Å². The van der Waals surface area contributed by atoms with Crippen molar-refractivity contribution in [3.05, 3.63) is 106 Å². The fourth-order valence-corrected chi connectivity index (χ4v) is 4.76. The smallest absolute Gasteiger partial charge is 0.310 e. The summed E-state index contributed by atoms with van der Waals surface area (Å²) in [5.74, 6) is -0.180. The first-order valence-corrected chi connectivity index (χ1v) is 16.2. The van der Waals surface area contributed by atoms with Crippen LogP contribution in [0.2, 0.25) is 0 Å². The second kappa shape index (κ2) is 19.6. The van der Waals surface area contributed by atoms with Gasteiger partial charge in [0.25, 0.3) is 0 Å². The first-order valence-electron chi connectivity index (χ1n) is 16.2. The van der Waals surface area contributed by atoms with Gasteiger partial charge in [0.2, 0.25) is 0 Å². The molecular formula is C40H56O5. The minimum absolute atomic E-state index is 0.0260. The maximum absolute atomic E-state index is 11.2. The highest BCUT2D eigenvalue weighted by atomic mass is 16.4. The predicted octanol–water partition coefficient (Wildman–Crippen LogP) is 9.72. The number of carboxylic acid groups (broad SMARTS) is 2. The third-order valence-electron chi connectivity index (χ3n) is 7.72. The number of Topliss-reactive ketones (excluding diaryl/α,β-unsaturated/α-hetero) is 1. The Balaban J connectivity index is 0.000000337. The Hall–Kier alpha value is -3.73. The Morgan fingerprint density at radius 2 is 0.667 bits per heavy atom. The molecule has 0 heterocycles. The number of carbonyl (C=O) groups excluding carboxylic acids is 1. The molecule has 0 aromatic heterocycles. The molecule has 0 saturated heterocycles. The molecule has 0 aliphatic rings. The molecule has 1 unspecified atom stereocenters. The molecule has 2 N–H and O–H groups in total. The highest BCUT2D eigenvalue weighted by Gasteiger charge is 2.14. The van der Waals surface area contributed by atoms with Crippen LogP contribution in [0.3, 0.4) is 0 Å². The molecular weight excluding hydrogens is 560 g/mol. The Kier molecular flexibility index (Phi) is 17.1. The summed E-state index contributed by atoms with van der Waals surface area (Å²) in [5.41, 5.74) is 6.75. The van der Waals surface area contributed by atoms with Gasteiger partial charge in [0.1, 0.15) is 5.78 Å². The molecule has 3 aromatic carbocycles.